The van der Waals surface area contributed by atoms with Crippen molar-refractivity contribution in [3.05, 3.63) is 24.3 Å². The third-order valence-electron chi connectivity index (χ3n) is 3.44. The summed E-state index contributed by atoms with van der Waals surface area (Å²) in [6.45, 7) is 1.80. The van der Waals surface area contributed by atoms with Crippen LogP contribution in [0.4, 0.5) is 0 Å². The molecule has 0 aliphatic heterocycles. The predicted octanol–water partition coefficient (Wildman–Crippen LogP) is 2.60. The van der Waals surface area contributed by atoms with E-state index in [0.29, 0.717) is 11.7 Å². The summed E-state index contributed by atoms with van der Waals surface area (Å²) in [5.74, 6) is 1.28. The number of nitriles is 1. The highest BCUT2D eigenvalue weighted by atomic mass is 32.2. The minimum absolute atomic E-state index is 0.103. The van der Waals surface area contributed by atoms with Gasteiger partial charge in [-0.1, -0.05) is 6.07 Å². The molecule has 106 valence electrons. The van der Waals surface area contributed by atoms with E-state index in [0.717, 1.165) is 23.5 Å². The number of thioether (sulfide) groups is 1. The molecule has 1 saturated carbocycles. The maximum atomic E-state index is 12.0. The van der Waals surface area contributed by atoms with Gasteiger partial charge >= 0.3 is 0 Å². The number of nitrogens with zero attached hydrogens (tertiary/aromatic N) is 1. The van der Waals surface area contributed by atoms with Crippen molar-refractivity contribution in [3.8, 4) is 11.8 Å². The fourth-order valence-electron chi connectivity index (χ4n) is 2.05. The Bertz CT molecular complexity index is 537. The van der Waals surface area contributed by atoms with Crippen LogP contribution in [0, 0.1) is 17.2 Å². The van der Waals surface area contributed by atoms with Gasteiger partial charge in [0.15, 0.2) is 0 Å². The number of rotatable bonds is 6. The van der Waals surface area contributed by atoms with E-state index in [1.807, 2.05) is 24.3 Å². The molecule has 1 aromatic rings. The number of hydrogen-bond donors (Lipinski definition) is 1. The van der Waals surface area contributed by atoms with Gasteiger partial charge in [0, 0.05) is 4.90 Å². The van der Waals surface area contributed by atoms with Crippen LogP contribution in [0.1, 0.15) is 19.8 Å². The lowest BCUT2D eigenvalue weighted by atomic mass is 9.98. The van der Waals surface area contributed by atoms with E-state index in [-0.39, 0.29) is 5.91 Å². The van der Waals surface area contributed by atoms with Crippen LogP contribution < -0.4 is 10.1 Å². The molecule has 0 saturated heterocycles. The number of hydrogen-bond acceptors (Lipinski definition) is 4. The first-order valence-corrected chi connectivity index (χ1v) is 7.55. The summed E-state index contributed by atoms with van der Waals surface area (Å²) >= 11 is 1.44. The fourth-order valence-corrected chi connectivity index (χ4v) is 2.79. The molecule has 1 N–H and O–H groups in total. The second-order valence-electron chi connectivity index (χ2n) is 5.10. The second-order valence-corrected chi connectivity index (χ2v) is 6.15. The molecule has 1 atom stereocenters. The van der Waals surface area contributed by atoms with Crippen molar-refractivity contribution >= 4 is 17.7 Å². The van der Waals surface area contributed by atoms with Crippen LogP contribution in [0.5, 0.6) is 5.75 Å². The van der Waals surface area contributed by atoms with E-state index in [1.54, 1.807) is 14.0 Å². The number of carbonyl (C=O) groups is 1. The molecular weight excluding hydrogens is 272 g/mol. The van der Waals surface area contributed by atoms with Crippen LogP contribution in [0.3, 0.4) is 0 Å². The first kappa shape index (κ1) is 14.7. The zero-order valence-corrected chi connectivity index (χ0v) is 12.5. The maximum absolute atomic E-state index is 12.0. The van der Waals surface area contributed by atoms with Gasteiger partial charge in [-0.15, -0.1) is 11.8 Å². The number of benzene rings is 1. The molecule has 0 spiro atoms. The molecule has 1 aromatic carbocycles. The Hall–Kier alpha value is -1.67. The normalized spacial score (nSPS) is 16.9. The molecule has 5 heteroatoms. The predicted molar refractivity (Wildman–Crippen MR) is 78.6 cm³/mol. The average molecular weight is 290 g/mol. The average Bonchev–Trinajstić information content (AvgIpc) is 3.30. The topological polar surface area (TPSA) is 62.1 Å². The highest BCUT2D eigenvalue weighted by molar-refractivity contribution is 8.00. The molecule has 0 radical (unpaired) electrons. The molecule has 1 amide bonds. The fraction of sp³-hybridized carbons (Fsp3) is 0.467. The van der Waals surface area contributed by atoms with Gasteiger partial charge in [0.1, 0.15) is 11.3 Å². The summed E-state index contributed by atoms with van der Waals surface area (Å²) in [7, 11) is 1.62. The quantitative estimate of drug-likeness (QED) is 0.818. The summed E-state index contributed by atoms with van der Waals surface area (Å²) in [4.78, 5) is 12.9. The van der Waals surface area contributed by atoms with Crippen molar-refractivity contribution in [1.29, 1.82) is 5.26 Å². The van der Waals surface area contributed by atoms with Crippen molar-refractivity contribution in [3.63, 3.8) is 0 Å². The molecule has 0 bridgehead atoms. The zero-order chi connectivity index (χ0) is 14.6. The van der Waals surface area contributed by atoms with E-state index in [2.05, 4.69) is 11.4 Å². The molecule has 1 aliphatic rings. The SMILES string of the molecule is COc1cccc(SCC(=O)NC(C)(C#N)C2CC2)c1. The Morgan fingerprint density at radius 1 is 1.60 bits per heavy atom. The molecule has 4 nitrogen and oxygen atoms in total. The summed E-state index contributed by atoms with van der Waals surface area (Å²) in [5, 5.41) is 12.1. The Balaban J connectivity index is 1.87. The Morgan fingerprint density at radius 2 is 2.35 bits per heavy atom. The van der Waals surface area contributed by atoms with E-state index in [4.69, 9.17) is 4.74 Å². The van der Waals surface area contributed by atoms with Gasteiger partial charge in [-0.2, -0.15) is 5.26 Å². The van der Waals surface area contributed by atoms with Crippen molar-refractivity contribution in [1.82, 2.24) is 5.32 Å². The lowest BCUT2D eigenvalue weighted by Crippen LogP contribution is -2.47. The number of ether oxygens (including phenoxy) is 1. The van der Waals surface area contributed by atoms with Crippen LogP contribution >= 0.6 is 11.8 Å². The van der Waals surface area contributed by atoms with Crippen LogP contribution in [0.2, 0.25) is 0 Å². The first-order chi connectivity index (χ1) is 9.57. The van der Waals surface area contributed by atoms with Gasteiger partial charge < -0.3 is 10.1 Å². The zero-order valence-electron chi connectivity index (χ0n) is 11.7. The molecular formula is C15H18N2O2S. The molecule has 2 rings (SSSR count). The first-order valence-electron chi connectivity index (χ1n) is 6.56. The van der Waals surface area contributed by atoms with Crippen LogP contribution in [-0.2, 0) is 4.79 Å². The molecule has 0 heterocycles. The van der Waals surface area contributed by atoms with Gasteiger partial charge in [0.2, 0.25) is 5.91 Å². The third-order valence-corrected chi connectivity index (χ3v) is 4.43. The highest BCUT2D eigenvalue weighted by Crippen LogP contribution is 2.39. The standard InChI is InChI=1S/C15H18N2O2S/c1-15(10-16,11-6-7-11)17-14(18)9-20-13-5-3-4-12(8-13)19-2/h3-5,8,11H,6-7,9H2,1-2H3,(H,17,18). The summed E-state index contributed by atoms with van der Waals surface area (Å²) in [6, 6.07) is 9.81. The molecule has 1 aliphatic carbocycles. The lowest BCUT2D eigenvalue weighted by molar-refractivity contribution is -0.119. The highest BCUT2D eigenvalue weighted by Gasteiger charge is 2.42. The van der Waals surface area contributed by atoms with Gasteiger partial charge in [-0.3, -0.25) is 4.79 Å². The number of carbonyl (C=O) groups excluding carboxylic acids is 1. The van der Waals surface area contributed by atoms with E-state index >= 15 is 0 Å². The summed E-state index contributed by atoms with van der Waals surface area (Å²) in [5.41, 5.74) is -0.716. The van der Waals surface area contributed by atoms with E-state index in [9.17, 15) is 10.1 Å². The Morgan fingerprint density at radius 3 is 2.95 bits per heavy atom. The molecule has 20 heavy (non-hydrogen) atoms. The van der Waals surface area contributed by atoms with Gasteiger partial charge in [0.25, 0.3) is 0 Å². The molecule has 1 fully saturated rings. The lowest BCUT2D eigenvalue weighted by Gasteiger charge is -2.22. The molecule has 0 aromatic heterocycles. The third kappa shape index (κ3) is 3.67. The maximum Gasteiger partial charge on any atom is 0.231 e. The van der Waals surface area contributed by atoms with Crippen LogP contribution in [0.15, 0.2) is 29.2 Å². The van der Waals surface area contributed by atoms with Gasteiger partial charge in [0.05, 0.1) is 18.9 Å². The van der Waals surface area contributed by atoms with E-state index in [1.165, 1.54) is 11.8 Å². The van der Waals surface area contributed by atoms with Gasteiger partial charge in [-0.25, -0.2) is 0 Å². The van der Waals surface area contributed by atoms with Crippen molar-refractivity contribution in [2.45, 2.75) is 30.2 Å². The van der Waals surface area contributed by atoms with Crippen molar-refractivity contribution in [2.24, 2.45) is 5.92 Å². The van der Waals surface area contributed by atoms with Crippen LogP contribution in [-0.4, -0.2) is 24.3 Å². The van der Waals surface area contributed by atoms with Crippen LogP contribution in [0.25, 0.3) is 0 Å². The number of nitrogens with one attached hydrogen (secondary N) is 1. The number of methoxy groups -OCH3 is 1. The summed E-state index contributed by atoms with van der Waals surface area (Å²) in [6.07, 6.45) is 2.04. The molecule has 1 unspecified atom stereocenters. The van der Waals surface area contributed by atoms with Crippen molar-refractivity contribution in [2.75, 3.05) is 12.9 Å². The van der Waals surface area contributed by atoms with E-state index < -0.39 is 5.54 Å². The minimum Gasteiger partial charge on any atom is -0.497 e. The van der Waals surface area contributed by atoms with Crippen molar-refractivity contribution < 1.29 is 9.53 Å². The Kier molecular flexibility index (Phi) is 4.56. The number of amides is 1. The Labute approximate surface area is 123 Å². The second kappa shape index (κ2) is 6.19. The smallest absolute Gasteiger partial charge is 0.231 e. The van der Waals surface area contributed by atoms with Gasteiger partial charge in [-0.05, 0) is 43.9 Å². The largest absolute Gasteiger partial charge is 0.497 e. The monoisotopic (exact) mass is 290 g/mol. The summed E-state index contributed by atoms with van der Waals surface area (Å²) < 4.78 is 5.14. The minimum atomic E-state index is -0.716.